The zero-order chi connectivity index (χ0) is 13.7. The van der Waals surface area contributed by atoms with Gasteiger partial charge in [0.1, 0.15) is 5.82 Å². The molecule has 2 rings (SSSR count). The van der Waals surface area contributed by atoms with Crippen LogP contribution in [0.15, 0.2) is 12.4 Å². The van der Waals surface area contributed by atoms with Crippen molar-refractivity contribution in [3.8, 4) is 0 Å². The van der Waals surface area contributed by atoms with Gasteiger partial charge >= 0.3 is 0 Å². The average Bonchev–Trinajstić information content (AvgIpc) is 2.83. The predicted molar refractivity (Wildman–Crippen MR) is 79.2 cm³/mol. The molecule has 1 aromatic heterocycles. The lowest BCUT2D eigenvalue weighted by atomic mass is 9.90. The van der Waals surface area contributed by atoms with Crippen molar-refractivity contribution in [2.24, 2.45) is 13.0 Å². The van der Waals surface area contributed by atoms with E-state index in [0.717, 1.165) is 31.5 Å². The molecular formula is C15H28N4. The molecule has 0 spiro atoms. The second kappa shape index (κ2) is 7.06. The molecule has 2 atom stereocenters. The van der Waals surface area contributed by atoms with Gasteiger partial charge in [-0.25, -0.2) is 4.98 Å². The quantitative estimate of drug-likeness (QED) is 0.848. The van der Waals surface area contributed by atoms with Gasteiger partial charge < -0.3 is 14.8 Å². The van der Waals surface area contributed by atoms with Crippen molar-refractivity contribution in [2.75, 3.05) is 26.2 Å². The van der Waals surface area contributed by atoms with E-state index in [9.17, 15) is 0 Å². The number of hydrogen-bond acceptors (Lipinski definition) is 3. The lowest BCUT2D eigenvalue weighted by molar-refractivity contribution is 0.136. The van der Waals surface area contributed by atoms with Crippen molar-refractivity contribution in [3.05, 3.63) is 18.2 Å². The highest BCUT2D eigenvalue weighted by molar-refractivity contribution is 4.93. The van der Waals surface area contributed by atoms with E-state index in [1.807, 2.05) is 12.4 Å². The number of nitrogens with zero attached hydrogens (tertiary/aromatic N) is 3. The van der Waals surface area contributed by atoms with Gasteiger partial charge in [0.2, 0.25) is 0 Å². The third-order valence-electron chi connectivity index (χ3n) is 4.38. The summed E-state index contributed by atoms with van der Waals surface area (Å²) in [6.07, 6.45) is 7.54. The zero-order valence-corrected chi connectivity index (χ0v) is 12.6. The molecule has 1 aromatic rings. The molecule has 0 bridgehead atoms. The lowest BCUT2D eigenvalue weighted by Crippen LogP contribution is -2.49. The number of imidazole rings is 1. The molecule has 1 aliphatic rings. The maximum atomic E-state index is 4.41. The molecule has 1 saturated heterocycles. The number of nitrogens with one attached hydrogen (secondary N) is 1. The SMILES string of the molecule is CCNC1CCN(CCc2nccn2C)CC1CC. The van der Waals surface area contributed by atoms with Crippen LogP contribution in [0.3, 0.4) is 0 Å². The lowest BCUT2D eigenvalue weighted by Gasteiger charge is -2.38. The Balaban J connectivity index is 1.81. The molecule has 0 radical (unpaired) electrons. The highest BCUT2D eigenvalue weighted by atomic mass is 15.2. The van der Waals surface area contributed by atoms with Gasteiger partial charge in [-0.2, -0.15) is 0 Å². The average molecular weight is 264 g/mol. The summed E-state index contributed by atoms with van der Waals surface area (Å²) in [7, 11) is 2.08. The molecule has 1 aliphatic heterocycles. The first-order chi connectivity index (χ1) is 9.24. The molecule has 1 N–H and O–H groups in total. The second-order valence-corrected chi connectivity index (χ2v) is 5.63. The molecule has 19 heavy (non-hydrogen) atoms. The van der Waals surface area contributed by atoms with Crippen LogP contribution >= 0.6 is 0 Å². The van der Waals surface area contributed by atoms with Crippen molar-refractivity contribution in [1.29, 1.82) is 0 Å². The molecule has 0 amide bonds. The normalized spacial score (nSPS) is 24.8. The summed E-state index contributed by atoms with van der Waals surface area (Å²) in [6, 6.07) is 0.722. The fourth-order valence-corrected chi connectivity index (χ4v) is 3.15. The number of likely N-dealkylation sites (tertiary alicyclic amines) is 1. The Kier molecular flexibility index (Phi) is 5.40. The summed E-state index contributed by atoms with van der Waals surface area (Å²) in [6.45, 7) is 9.21. The number of aryl methyl sites for hydroxylation is 1. The smallest absolute Gasteiger partial charge is 0.109 e. The van der Waals surface area contributed by atoms with Crippen molar-refractivity contribution in [1.82, 2.24) is 19.8 Å². The molecule has 4 nitrogen and oxygen atoms in total. The van der Waals surface area contributed by atoms with Crippen LogP contribution in [-0.4, -0.2) is 46.7 Å². The van der Waals surface area contributed by atoms with E-state index in [1.165, 1.54) is 31.8 Å². The van der Waals surface area contributed by atoms with E-state index >= 15 is 0 Å². The van der Waals surface area contributed by atoms with Crippen molar-refractivity contribution >= 4 is 0 Å². The molecular weight excluding hydrogens is 236 g/mol. The Morgan fingerprint density at radius 1 is 1.42 bits per heavy atom. The maximum Gasteiger partial charge on any atom is 0.109 e. The van der Waals surface area contributed by atoms with Crippen LogP contribution in [0.1, 0.15) is 32.5 Å². The minimum Gasteiger partial charge on any atom is -0.338 e. The highest BCUT2D eigenvalue weighted by Crippen LogP contribution is 2.20. The van der Waals surface area contributed by atoms with Crippen LogP contribution < -0.4 is 5.32 Å². The third kappa shape index (κ3) is 3.80. The van der Waals surface area contributed by atoms with Crippen LogP contribution in [-0.2, 0) is 13.5 Å². The first-order valence-corrected chi connectivity index (χ1v) is 7.66. The largest absolute Gasteiger partial charge is 0.338 e. The Morgan fingerprint density at radius 2 is 2.26 bits per heavy atom. The van der Waals surface area contributed by atoms with Crippen LogP contribution in [0.4, 0.5) is 0 Å². The molecule has 2 unspecified atom stereocenters. The van der Waals surface area contributed by atoms with E-state index in [2.05, 4.69) is 40.7 Å². The Hall–Kier alpha value is -0.870. The number of aromatic nitrogens is 2. The molecule has 0 saturated carbocycles. The van der Waals surface area contributed by atoms with Crippen molar-refractivity contribution < 1.29 is 0 Å². The highest BCUT2D eigenvalue weighted by Gasteiger charge is 2.27. The van der Waals surface area contributed by atoms with Crippen LogP contribution in [0, 0.1) is 5.92 Å². The van der Waals surface area contributed by atoms with Crippen LogP contribution in [0.5, 0.6) is 0 Å². The van der Waals surface area contributed by atoms with Crippen molar-refractivity contribution in [3.63, 3.8) is 0 Å². The zero-order valence-electron chi connectivity index (χ0n) is 12.6. The summed E-state index contributed by atoms with van der Waals surface area (Å²) >= 11 is 0. The molecule has 2 heterocycles. The molecule has 4 heteroatoms. The molecule has 1 fully saturated rings. The minimum absolute atomic E-state index is 0.722. The van der Waals surface area contributed by atoms with E-state index in [-0.39, 0.29) is 0 Å². The fraction of sp³-hybridized carbons (Fsp3) is 0.800. The summed E-state index contributed by atoms with van der Waals surface area (Å²) in [5, 5.41) is 3.64. The summed E-state index contributed by atoms with van der Waals surface area (Å²) in [5.74, 6) is 2.00. The van der Waals surface area contributed by atoms with Crippen LogP contribution in [0.2, 0.25) is 0 Å². The first kappa shape index (κ1) is 14.5. The number of piperidine rings is 1. The van der Waals surface area contributed by atoms with Gasteiger partial charge in [0, 0.05) is 45.0 Å². The Bertz CT molecular complexity index is 374. The fourth-order valence-electron chi connectivity index (χ4n) is 3.15. The third-order valence-corrected chi connectivity index (χ3v) is 4.38. The standard InChI is InChI=1S/C15H28N4/c1-4-13-12-19(9-6-14(13)16-5-2)10-7-15-17-8-11-18(15)3/h8,11,13-14,16H,4-7,9-10,12H2,1-3H3. The summed E-state index contributed by atoms with van der Waals surface area (Å²) in [4.78, 5) is 7.02. The Labute approximate surface area is 117 Å². The van der Waals surface area contributed by atoms with E-state index < -0.39 is 0 Å². The van der Waals surface area contributed by atoms with E-state index in [4.69, 9.17) is 0 Å². The maximum absolute atomic E-state index is 4.41. The van der Waals surface area contributed by atoms with E-state index in [1.54, 1.807) is 0 Å². The van der Waals surface area contributed by atoms with Gasteiger partial charge in [0.25, 0.3) is 0 Å². The van der Waals surface area contributed by atoms with Gasteiger partial charge in [-0.05, 0) is 25.4 Å². The predicted octanol–water partition coefficient (Wildman–Crippen LogP) is 1.67. The molecule has 0 aliphatic carbocycles. The van der Waals surface area contributed by atoms with E-state index in [0.29, 0.717) is 0 Å². The topological polar surface area (TPSA) is 33.1 Å². The summed E-state index contributed by atoms with van der Waals surface area (Å²) in [5.41, 5.74) is 0. The number of hydrogen-bond donors (Lipinski definition) is 1. The van der Waals surface area contributed by atoms with Gasteiger partial charge in [0.15, 0.2) is 0 Å². The summed E-state index contributed by atoms with van der Waals surface area (Å²) < 4.78 is 2.13. The monoisotopic (exact) mass is 264 g/mol. The second-order valence-electron chi connectivity index (χ2n) is 5.63. The number of rotatable bonds is 6. The van der Waals surface area contributed by atoms with Gasteiger partial charge in [-0.1, -0.05) is 20.3 Å². The van der Waals surface area contributed by atoms with Gasteiger partial charge in [0.05, 0.1) is 0 Å². The first-order valence-electron chi connectivity index (χ1n) is 7.66. The van der Waals surface area contributed by atoms with Gasteiger partial charge in [-0.3, -0.25) is 0 Å². The molecule has 108 valence electrons. The molecule has 0 aromatic carbocycles. The Morgan fingerprint density at radius 3 is 2.89 bits per heavy atom. The minimum atomic E-state index is 0.722. The van der Waals surface area contributed by atoms with Crippen LogP contribution in [0.25, 0.3) is 0 Å². The van der Waals surface area contributed by atoms with Crippen molar-refractivity contribution in [2.45, 2.75) is 39.2 Å². The van der Waals surface area contributed by atoms with Gasteiger partial charge in [-0.15, -0.1) is 0 Å².